The van der Waals surface area contributed by atoms with Crippen LogP contribution in [0.15, 0.2) is 6.33 Å². The zero-order valence-electron chi connectivity index (χ0n) is 11.6. The minimum Gasteiger partial charge on any atom is -0.368 e. The molecule has 0 radical (unpaired) electrons. The number of halogens is 1. The summed E-state index contributed by atoms with van der Waals surface area (Å²) in [7, 11) is 0. The van der Waals surface area contributed by atoms with Crippen molar-refractivity contribution in [2.24, 2.45) is 16.7 Å². The fraction of sp³-hybridized carbons (Fsp3) is 0.615. The van der Waals surface area contributed by atoms with Gasteiger partial charge in [-0.2, -0.15) is 9.97 Å². The van der Waals surface area contributed by atoms with Crippen molar-refractivity contribution in [3.05, 3.63) is 11.6 Å². The van der Waals surface area contributed by atoms with Crippen molar-refractivity contribution in [3.8, 4) is 0 Å². The Morgan fingerprint density at radius 3 is 2.58 bits per heavy atom. The molecule has 102 valence electrons. The normalized spacial score (nSPS) is 20.7. The van der Waals surface area contributed by atoms with Crippen LogP contribution in [0.2, 0.25) is 5.28 Å². The SMILES string of the molecule is CC1(C)C(CNc2nc(Cl)nc3nc[nH]c23)C1(C)C. The Morgan fingerprint density at radius 2 is 1.95 bits per heavy atom. The van der Waals surface area contributed by atoms with Gasteiger partial charge in [0, 0.05) is 6.54 Å². The van der Waals surface area contributed by atoms with Gasteiger partial charge in [0.1, 0.15) is 5.52 Å². The van der Waals surface area contributed by atoms with Crippen LogP contribution >= 0.6 is 11.6 Å². The average molecular weight is 280 g/mol. The average Bonchev–Trinajstić information content (AvgIpc) is 2.70. The molecule has 0 bridgehead atoms. The largest absolute Gasteiger partial charge is 0.368 e. The van der Waals surface area contributed by atoms with Crippen molar-refractivity contribution in [1.29, 1.82) is 0 Å². The van der Waals surface area contributed by atoms with E-state index in [-0.39, 0.29) is 5.28 Å². The number of nitrogens with one attached hydrogen (secondary N) is 2. The van der Waals surface area contributed by atoms with Gasteiger partial charge in [0.05, 0.1) is 6.33 Å². The van der Waals surface area contributed by atoms with Crippen molar-refractivity contribution in [1.82, 2.24) is 19.9 Å². The first kappa shape index (κ1) is 12.7. The zero-order chi connectivity index (χ0) is 13.8. The monoisotopic (exact) mass is 279 g/mol. The van der Waals surface area contributed by atoms with Crippen LogP contribution in [-0.2, 0) is 0 Å². The Kier molecular flexibility index (Phi) is 2.55. The second kappa shape index (κ2) is 3.82. The van der Waals surface area contributed by atoms with E-state index in [0.717, 1.165) is 17.9 Å². The van der Waals surface area contributed by atoms with Gasteiger partial charge in [0.2, 0.25) is 5.28 Å². The van der Waals surface area contributed by atoms with Gasteiger partial charge in [-0.3, -0.25) is 0 Å². The highest BCUT2D eigenvalue weighted by Crippen LogP contribution is 2.68. The van der Waals surface area contributed by atoms with Gasteiger partial charge < -0.3 is 10.3 Å². The van der Waals surface area contributed by atoms with Crippen LogP contribution in [0.4, 0.5) is 5.82 Å². The van der Waals surface area contributed by atoms with Crippen LogP contribution in [0.5, 0.6) is 0 Å². The molecular weight excluding hydrogens is 262 g/mol. The first-order valence-electron chi connectivity index (χ1n) is 6.44. The number of fused-ring (bicyclic) bond motifs is 1. The van der Waals surface area contributed by atoms with Crippen LogP contribution in [-0.4, -0.2) is 26.5 Å². The zero-order valence-corrected chi connectivity index (χ0v) is 12.3. The Balaban J connectivity index is 1.82. The molecule has 2 N–H and O–H groups in total. The number of hydrogen-bond acceptors (Lipinski definition) is 4. The second-order valence-electron chi connectivity index (χ2n) is 6.32. The van der Waals surface area contributed by atoms with Gasteiger partial charge in [-0.05, 0) is 28.3 Å². The maximum atomic E-state index is 5.91. The molecule has 6 heteroatoms. The van der Waals surface area contributed by atoms with Crippen LogP contribution in [0.25, 0.3) is 11.2 Å². The van der Waals surface area contributed by atoms with Crippen molar-refractivity contribution in [3.63, 3.8) is 0 Å². The number of H-pyrrole nitrogens is 1. The third kappa shape index (κ3) is 1.79. The Labute approximate surface area is 117 Å². The number of aromatic amines is 1. The lowest BCUT2D eigenvalue weighted by atomic mass is 10.0. The first-order chi connectivity index (χ1) is 8.84. The van der Waals surface area contributed by atoms with Gasteiger partial charge in [0.25, 0.3) is 0 Å². The molecule has 2 heterocycles. The molecule has 1 fully saturated rings. The molecule has 3 rings (SSSR count). The number of hydrogen-bond donors (Lipinski definition) is 2. The Morgan fingerprint density at radius 1 is 1.26 bits per heavy atom. The van der Waals surface area contributed by atoms with Crippen LogP contribution in [0, 0.1) is 16.7 Å². The lowest BCUT2D eigenvalue weighted by molar-refractivity contribution is 0.457. The van der Waals surface area contributed by atoms with E-state index < -0.39 is 0 Å². The lowest BCUT2D eigenvalue weighted by Gasteiger charge is -2.07. The summed E-state index contributed by atoms with van der Waals surface area (Å²) < 4.78 is 0. The molecule has 5 nitrogen and oxygen atoms in total. The van der Waals surface area contributed by atoms with Crippen molar-refractivity contribution in [2.75, 3.05) is 11.9 Å². The van der Waals surface area contributed by atoms with E-state index in [2.05, 4.69) is 52.9 Å². The predicted molar refractivity (Wildman–Crippen MR) is 76.2 cm³/mol. The molecule has 0 spiro atoms. The molecule has 1 aliphatic rings. The second-order valence-corrected chi connectivity index (χ2v) is 6.66. The molecular formula is C13H18ClN5. The smallest absolute Gasteiger partial charge is 0.226 e. The number of imidazole rings is 1. The van der Waals surface area contributed by atoms with E-state index in [1.54, 1.807) is 6.33 Å². The minimum absolute atomic E-state index is 0.219. The van der Waals surface area contributed by atoms with Crippen LogP contribution < -0.4 is 5.32 Å². The van der Waals surface area contributed by atoms with E-state index in [0.29, 0.717) is 22.4 Å². The summed E-state index contributed by atoms with van der Waals surface area (Å²) in [5.74, 6) is 1.35. The fourth-order valence-electron chi connectivity index (χ4n) is 2.98. The molecule has 2 aromatic rings. The van der Waals surface area contributed by atoms with Gasteiger partial charge in [-0.25, -0.2) is 4.98 Å². The molecule has 0 aromatic carbocycles. The molecule has 1 saturated carbocycles. The highest BCUT2D eigenvalue weighted by Gasteiger charge is 2.64. The number of rotatable bonds is 3. The standard InChI is InChI=1S/C13H18ClN5/c1-12(2)7(13(12,3)4)5-15-9-8-10(17-6-16-8)19-11(14)18-9/h6-7H,5H2,1-4H3,(H2,15,16,17,18,19). The number of nitrogens with zero attached hydrogens (tertiary/aromatic N) is 3. The van der Waals surface area contributed by atoms with Crippen molar-refractivity contribution >= 4 is 28.6 Å². The molecule has 19 heavy (non-hydrogen) atoms. The molecule has 0 amide bonds. The molecule has 1 aliphatic carbocycles. The lowest BCUT2D eigenvalue weighted by Crippen LogP contribution is -2.10. The van der Waals surface area contributed by atoms with Crippen molar-refractivity contribution in [2.45, 2.75) is 27.7 Å². The van der Waals surface area contributed by atoms with E-state index in [1.165, 1.54) is 0 Å². The van der Waals surface area contributed by atoms with E-state index in [9.17, 15) is 0 Å². The van der Waals surface area contributed by atoms with Crippen LogP contribution in [0.3, 0.4) is 0 Å². The summed E-state index contributed by atoms with van der Waals surface area (Å²) in [5, 5.41) is 3.60. The van der Waals surface area contributed by atoms with E-state index in [4.69, 9.17) is 11.6 Å². The van der Waals surface area contributed by atoms with Gasteiger partial charge in [-0.1, -0.05) is 27.7 Å². The summed E-state index contributed by atoms with van der Waals surface area (Å²) in [5.41, 5.74) is 2.10. The third-order valence-electron chi connectivity index (χ3n) is 5.05. The highest BCUT2D eigenvalue weighted by molar-refractivity contribution is 6.28. The highest BCUT2D eigenvalue weighted by atomic mass is 35.5. The Bertz CT molecular complexity index is 617. The topological polar surface area (TPSA) is 66.5 Å². The molecule has 0 saturated heterocycles. The molecule has 0 atom stereocenters. The van der Waals surface area contributed by atoms with Gasteiger partial charge >= 0.3 is 0 Å². The van der Waals surface area contributed by atoms with Crippen molar-refractivity contribution < 1.29 is 0 Å². The predicted octanol–water partition coefficient (Wildman–Crippen LogP) is 3.10. The number of aromatic nitrogens is 4. The van der Waals surface area contributed by atoms with E-state index >= 15 is 0 Å². The minimum atomic E-state index is 0.219. The van der Waals surface area contributed by atoms with Crippen LogP contribution in [0.1, 0.15) is 27.7 Å². The third-order valence-corrected chi connectivity index (χ3v) is 5.22. The molecule has 0 aliphatic heterocycles. The maximum absolute atomic E-state index is 5.91. The summed E-state index contributed by atoms with van der Waals surface area (Å²) in [6.07, 6.45) is 1.60. The van der Waals surface area contributed by atoms with E-state index in [1.807, 2.05) is 0 Å². The fourth-order valence-corrected chi connectivity index (χ4v) is 3.14. The summed E-state index contributed by atoms with van der Waals surface area (Å²) in [6, 6.07) is 0. The summed E-state index contributed by atoms with van der Waals surface area (Å²) >= 11 is 5.91. The van der Waals surface area contributed by atoms with Gasteiger partial charge in [0.15, 0.2) is 11.5 Å². The number of anilines is 1. The maximum Gasteiger partial charge on any atom is 0.226 e. The molecule has 2 aromatic heterocycles. The Hall–Kier alpha value is -1.36. The summed E-state index contributed by atoms with van der Waals surface area (Å²) in [6.45, 7) is 10.1. The first-order valence-corrected chi connectivity index (χ1v) is 6.82. The quantitative estimate of drug-likeness (QED) is 0.847. The molecule has 0 unspecified atom stereocenters. The van der Waals surface area contributed by atoms with Gasteiger partial charge in [-0.15, -0.1) is 0 Å². The summed E-state index contributed by atoms with van der Waals surface area (Å²) in [4.78, 5) is 15.5.